The predicted octanol–water partition coefficient (Wildman–Crippen LogP) is 5.22. The summed E-state index contributed by atoms with van der Waals surface area (Å²) in [6.45, 7) is 13.4. The number of carbonyl (C=O) groups is 1. The van der Waals surface area contributed by atoms with Gasteiger partial charge >= 0.3 is 0 Å². The highest BCUT2D eigenvalue weighted by Gasteiger charge is 2.40. The maximum atomic E-state index is 12.1. The fraction of sp³-hybridized carbons (Fsp3) is 0.500. The zero-order valence-corrected chi connectivity index (χ0v) is 18.5. The van der Waals surface area contributed by atoms with Gasteiger partial charge in [-0.3, -0.25) is 4.79 Å². The number of amides is 1. The second kappa shape index (κ2) is 7.19. The van der Waals surface area contributed by atoms with Crippen LogP contribution in [0.5, 0.6) is 0 Å². The fourth-order valence-corrected chi connectivity index (χ4v) is 5.32. The number of rotatable bonds is 5. The van der Waals surface area contributed by atoms with E-state index in [1.54, 1.807) is 0 Å². The minimum atomic E-state index is 0.00985. The monoisotopic (exact) mass is 390 g/mol. The number of anilines is 1. The Bertz CT molecular complexity index is 944. The lowest BCUT2D eigenvalue weighted by atomic mass is 9.70. The van der Waals surface area contributed by atoms with Crippen LogP contribution in [0.4, 0.5) is 5.69 Å². The van der Waals surface area contributed by atoms with Crippen LogP contribution in [0.1, 0.15) is 73.7 Å². The molecular weight excluding hydrogens is 356 g/mol. The zero-order valence-electron chi connectivity index (χ0n) is 18.5. The molecule has 3 nitrogen and oxygen atoms in total. The van der Waals surface area contributed by atoms with Crippen LogP contribution in [0.2, 0.25) is 0 Å². The zero-order chi connectivity index (χ0) is 20.8. The van der Waals surface area contributed by atoms with E-state index in [1.165, 1.54) is 27.9 Å². The molecule has 2 heterocycles. The van der Waals surface area contributed by atoms with Gasteiger partial charge in [0.15, 0.2) is 0 Å². The molecule has 0 saturated heterocycles. The molecule has 0 spiro atoms. The summed E-state index contributed by atoms with van der Waals surface area (Å²) in [5, 5.41) is 6.58. The Labute approximate surface area is 175 Å². The summed E-state index contributed by atoms with van der Waals surface area (Å²) < 4.78 is 0. The quantitative estimate of drug-likeness (QED) is 0.735. The SMILES string of the molecule is CCC1(C(C)C)CNc2ccc(CC(C)(C)c3ccc4c(c3)CCNC4=O)cc21. The van der Waals surface area contributed by atoms with Crippen LogP contribution in [0.25, 0.3) is 0 Å². The van der Waals surface area contributed by atoms with Crippen molar-refractivity contribution in [2.45, 2.75) is 64.7 Å². The summed E-state index contributed by atoms with van der Waals surface area (Å²) in [4.78, 5) is 12.1. The topological polar surface area (TPSA) is 41.1 Å². The lowest BCUT2D eigenvalue weighted by Gasteiger charge is -2.33. The predicted molar refractivity (Wildman–Crippen MR) is 121 cm³/mol. The normalized spacial score (nSPS) is 20.8. The van der Waals surface area contributed by atoms with Crippen molar-refractivity contribution in [1.29, 1.82) is 0 Å². The van der Waals surface area contributed by atoms with Gasteiger partial charge in [-0.1, -0.05) is 58.9 Å². The molecule has 0 radical (unpaired) electrons. The van der Waals surface area contributed by atoms with E-state index in [-0.39, 0.29) is 16.7 Å². The summed E-state index contributed by atoms with van der Waals surface area (Å²) in [5.74, 6) is 0.669. The van der Waals surface area contributed by atoms with Crippen molar-refractivity contribution in [3.63, 3.8) is 0 Å². The highest BCUT2D eigenvalue weighted by atomic mass is 16.1. The first-order chi connectivity index (χ1) is 13.8. The van der Waals surface area contributed by atoms with E-state index < -0.39 is 0 Å². The molecule has 2 aliphatic heterocycles. The summed E-state index contributed by atoms with van der Waals surface area (Å²) in [6, 6.07) is 13.4. The van der Waals surface area contributed by atoms with Crippen LogP contribution in [0.15, 0.2) is 36.4 Å². The van der Waals surface area contributed by atoms with Crippen LogP contribution in [0.3, 0.4) is 0 Å². The first-order valence-electron chi connectivity index (χ1n) is 11.1. The van der Waals surface area contributed by atoms with Crippen LogP contribution in [0, 0.1) is 5.92 Å². The van der Waals surface area contributed by atoms with Gasteiger partial charge < -0.3 is 10.6 Å². The smallest absolute Gasteiger partial charge is 0.251 e. The largest absolute Gasteiger partial charge is 0.384 e. The number of carbonyl (C=O) groups excluding carboxylic acids is 1. The molecule has 2 aliphatic rings. The molecule has 154 valence electrons. The van der Waals surface area contributed by atoms with Gasteiger partial charge in [-0.2, -0.15) is 0 Å². The van der Waals surface area contributed by atoms with E-state index in [0.29, 0.717) is 5.92 Å². The summed E-state index contributed by atoms with van der Waals surface area (Å²) in [6.07, 6.45) is 3.07. The van der Waals surface area contributed by atoms with Crippen molar-refractivity contribution in [3.8, 4) is 0 Å². The van der Waals surface area contributed by atoms with E-state index in [1.807, 2.05) is 6.07 Å². The van der Waals surface area contributed by atoms with E-state index >= 15 is 0 Å². The van der Waals surface area contributed by atoms with Crippen molar-refractivity contribution in [2.75, 3.05) is 18.4 Å². The molecular formula is C26H34N2O. The van der Waals surface area contributed by atoms with Crippen LogP contribution in [-0.4, -0.2) is 19.0 Å². The van der Waals surface area contributed by atoms with Crippen molar-refractivity contribution in [2.24, 2.45) is 5.92 Å². The van der Waals surface area contributed by atoms with Gasteiger partial charge in [0.25, 0.3) is 5.91 Å². The molecule has 29 heavy (non-hydrogen) atoms. The summed E-state index contributed by atoms with van der Waals surface area (Å²) >= 11 is 0. The Morgan fingerprint density at radius 3 is 2.62 bits per heavy atom. The Kier molecular flexibility index (Phi) is 4.96. The van der Waals surface area contributed by atoms with Crippen LogP contribution < -0.4 is 10.6 Å². The van der Waals surface area contributed by atoms with Crippen molar-refractivity contribution >= 4 is 11.6 Å². The van der Waals surface area contributed by atoms with Gasteiger partial charge in [0.2, 0.25) is 0 Å². The van der Waals surface area contributed by atoms with Gasteiger partial charge in [0, 0.05) is 29.8 Å². The molecule has 1 atom stereocenters. The first-order valence-corrected chi connectivity index (χ1v) is 11.1. The van der Waals surface area contributed by atoms with E-state index in [0.717, 1.165) is 37.9 Å². The molecule has 0 saturated carbocycles. The lowest BCUT2D eigenvalue weighted by molar-refractivity contribution is 0.0946. The van der Waals surface area contributed by atoms with E-state index in [2.05, 4.69) is 75.6 Å². The molecule has 1 amide bonds. The summed E-state index contributed by atoms with van der Waals surface area (Å²) in [5.41, 5.74) is 7.77. The van der Waals surface area contributed by atoms with Gasteiger partial charge in [0.05, 0.1) is 0 Å². The maximum absolute atomic E-state index is 12.1. The Morgan fingerprint density at radius 2 is 1.90 bits per heavy atom. The molecule has 0 aromatic heterocycles. The maximum Gasteiger partial charge on any atom is 0.251 e. The standard InChI is InChI=1S/C26H34N2O/c1-6-26(17(2)3)16-28-23-10-7-18(13-22(23)26)15-25(4,5)20-8-9-21-19(14-20)11-12-27-24(21)29/h7-10,13-14,17,28H,6,11-12,15-16H2,1-5H3,(H,27,29). The number of fused-ring (bicyclic) bond motifs is 2. The van der Waals surface area contributed by atoms with Crippen molar-refractivity contribution < 1.29 is 4.79 Å². The van der Waals surface area contributed by atoms with Crippen LogP contribution >= 0.6 is 0 Å². The third-order valence-electron chi connectivity index (χ3n) is 7.41. The Balaban J connectivity index is 1.64. The van der Waals surface area contributed by atoms with E-state index in [4.69, 9.17) is 0 Å². The highest BCUT2D eigenvalue weighted by Crippen LogP contribution is 2.45. The second-order valence-electron chi connectivity index (χ2n) is 9.84. The molecule has 2 aromatic carbocycles. The Hall–Kier alpha value is -2.29. The van der Waals surface area contributed by atoms with Gasteiger partial charge in [0.1, 0.15) is 0 Å². The molecule has 0 bridgehead atoms. The molecule has 2 N–H and O–H groups in total. The third kappa shape index (κ3) is 3.35. The highest BCUT2D eigenvalue weighted by molar-refractivity contribution is 5.96. The molecule has 0 fully saturated rings. The molecule has 0 aliphatic carbocycles. The minimum Gasteiger partial charge on any atom is -0.384 e. The molecule has 1 unspecified atom stereocenters. The van der Waals surface area contributed by atoms with Gasteiger partial charge in [-0.05, 0) is 65.0 Å². The number of hydrogen-bond donors (Lipinski definition) is 2. The van der Waals surface area contributed by atoms with E-state index in [9.17, 15) is 4.79 Å². The lowest BCUT2D eigenvalue weighted by Crippen LogP contribution is -2.33. The number of benzene rings is 2. The molecule has 2 aromatic rings. The van der Waals surface area contributed by atoms with Crippen molar-refractivity contribution in [1.82, 2.24) is 5.32 Å². The molecule has 4 rings (SSSR count). The average Bonchev–Trinajstić information content (AvgIpc) is 3.07. The molecule has 3 heteroatoms. The van der Waals surface area contributed by atoms with Gasteiger partial charge in [-0.15, -0.1) is 0 Å². The van der Waals surface area contributed by atoms with Crippen LogP contribution in [-0.2, 0) is 23.7 Å². The Morgan fingerprint density at radius 1 is 1.10 bits per heavy atom. The van der Waals surface area contributed by atoms with Crippen molar-refractivity contribution in [3.05, 3.63) is 64.2 Å². The first kappa shape index (κ1) is 20.0. The second-order valence-corrected chi connectivity index (χ2v) is 9.84. The summed E-state index contributed by atoms with van der Waals surface area (Å²) in [7, 11) is 0. The number of hydrogen-bond acceptors (Lipinski definition) is 2. The van der Waals surface area contributed by atoms with Gasteiger partial charge in [-0.25, -0.2) is 0 Å². The minimum absolute atomic E-state index is 0.00985. The fourth-order valence-electron chi connectivity index (χ4n) is 5.32. The average molecular weight is 391 g/mol. The third-order valence-corrected chi connectivity index (χ3v) is 7.41. The number of nitrogens with one attached hydrogen (secondary N) is 2.